The van der Waals surface area contributed by atoms with Crippen LogP contribution >= 0.6 is 0 Å². The monoisotopic (exact) mass is 525 g/mol. The predicted octanol–water partition coefficient (Wildman–Crippen LogP) is 3.34. The number of sulfonamides is 1. The molecule has 0 amide bonds. The average molecular weight is 526 g/mol. The molecule has 1 aliphatic heterocycles. The van der Waals surface area contributed by atoms with Crippen molar-refractivity contribution in [3.8, 4) is 23.1 Å². The van der Waals surface area contributed by atoms with Crippen LogP contribution in [0.2, 0.25) is 0 Å². The third-order valence-corrected chi connectivity index (χ3v) is 6.49. The molecule has 0 unspecified atom stereocenters. The van der Waals surface area contributed by atoms with Crippen LogP contribution in [-0.4, -0.2) is 63.4 Å². The summed E-state index contributed by atoms with van der Waals surface area (Å²) in [5, 5.41) is -0.176. The maximum absolute atomic E-state index is 13.3. The third kappa shape index (κ3) is 6.36. The van der Waals surface area contributed by atoms with E-state index in [0.717, 1.165) is 5.56 Å². The summed E-state index contributed by atoms with van der Waals surface area (Å²) >= 11 is 0. The van der Waals surface area contributed by atoms with Crippen LogP contribution in [0.25, 0.3) is 0 Å². The Morgan fingerprint density at radius 3 is 2.59 bits per heavy atom. The number of aryl methyl sites for hydroxylation is 1. The summed E-state index contributed by atoms with van der Waals surface area (Å²) in [6.07, 6.45) is 3.03. The van der Waals surface area contributed by atoms with Gasteiger partial charge >= 0.3 is 0 Å². The summed E-state index contributed by atoms with van der Waals surface area (Å²) in [6, 6.07) is 9.98. The van der Waals surface area contributed by atoms with E-state index in [0.29, 0.717) is 37.8 Å². The van der Waals surface area contributed by atoms with Gasteiger partial charge in [0.25, 0.3) is 15.9 Å². The van der Waals surface area contributed by atoms with E-state index in [4.69, 9.17) is 18.9 Å². The molecule has 1 N–H and O–H groups in total. The quantitative estimate of drug-likeness (QED) is 0.394. The van der Waals surface area contributed by atoms with Gasteiger partial charge in [0.15, 0.2) is 22.3 Å². The smallest absolute Gasteiger partial charge is 0.280 e. The molecule has 11 nitrogen and oxygen atoms in total. The standard InChI is InChI=1S/C25H27N5O6S/c1-4-5-14-35-24-22(36-20-9-7-6-8-19(20)33-3)23(27-25(28-24)30-12-15-34-16-13-30)29-37(31,32)21-11-10-18(2)17-26-21/h5-11,17H,1,12-16H2,2-3H3,(H,27,28,29). The number of nitrogens with one attached hydrogen (secondary N) is 1. The van der Waals surface area contributed by atoms with Crippen molar-refractivity contribution < 1.29 is 27.4 Å². The molecule has 1 aliphatic rings. The second kappa shape index (κ2) is 11.7. The number of hydrogen-bond acceptors (Lipinski definition) is 10. The highest BCUT2D eigenvalue weighted by Crippen LogP contribution is 2.41. The van der Waals surface area contributed by atoms with Gasteiger partial charge in [-0.1, -0.05) is 24.8 Å². The van der Waals surface area contributed by atoms with E-state index in [1.54, 1.807) is 36.4 Å². The topological polar surface area (TPSA) is 125 Å². The zero-order chi connectivity index (χ0) is 26.3. The highest BCUT2D eigenvalue weighted by molar-refractivity contribution is 7.92. The summed E-state index contributed by atoms with van der Waals surface area (Å²) < 4.78 is 51.9. The van der Waals surface area contributed by atoms with Gasteiger partial charge in [-0.05, 0) is 36.8 Å². The first kappa shape index (κ1) is 26.0. The highest BCUT2D eigenvalue weighted by atomic mass is 32.2. The van der Waals surface area contributed by atoms with Crippen molar-refractivity contribution in [1.82, 2.24) is 15.0 Å². The number of rotatable bonds is 10. The molecule has 0 saturated carbocycles. The molecule has 2 aromatic heterocycles. The number of morpholine rings is 1. The molecule has 1 fully saturated rings. The summed E-state index contributed by atoms with van der Waals surface area (Å²) in [5.74, 6) is 0.833. The average Bonchev–Trinajstić information content (AvgIpc) is 2.91. The van der Waals surface area contributed by atoms with Gasteiger partial charge in [-0.3, -0.25) is 4.72 Å². The van der Waals surface area contributed by atoms with Crippen LogP contribution in [0, 0.1) is 6.92 Å². The van der Waals surface area contributed by atoms with Crippen LogP contribution in [0.15, 0.2) is 66.0 Å². The Morgan fingerprint density at radius 1 is 1.16 bits per heavy atom. The van der Waals surface area contributed by atoms with E-state index in [1.807, 2.05) is 11.8 Å². The molecule has 1 saturated heterocycles. The van der Waals surface area contributed by atoms with Gasteiger partial charge in [0.05, 0.1) is 20.3 Å². The van der Waals surface area contributed by atoms with Crippen LogP contribution in [-0.2, 0) is 14.8 Å². The molecule has 0 aliphatic carbocycles. The second-order valence-electron chi connectivity index (χ2n) is 7.86. The van der Waals surface area contributed by atoms with Crippen molar-refractivity contribution >= 4 is 21.8 Å². The van der Waals surface area contributed by atoms with Crippen molar-refractivity contribution in [3.63, 3.8) is 0 Å². The molecule has 37 heavy (non-hydrogen) atoms. The molecule has 3 heterocycles. The Kier molecular flexibility index (Phi) is 8.24. The molecular weight excluding hydrogens is 498 g/mol. The summed E-state index contributed by atoms with van der Waals surface area (Å²) in [4.78, 5) is 15.0. The Balaban J connectivity index is 1.84. The van der Waals surface area contributed by atoms with Crippen molar-refractivity contribution in [3.05, 3.63) is 66.5 Å². The molecule has 194 valence electrons. The van der Waals surface area contributed by atoms with Crippen molar-refractivity contribution in [2.45, 2.75) is 11.9 Å². The maximum Gasteiger partial charge on any atom is 0.280 e. The second-order valence-corrected chi connectivity index (χ2v) is 9.49. The number of anilines is 2. The number of ether oxygens (including phenoxy) is 4. The summed E-state index contributed by atoms with van der Waals surface area (Å²) in [7, 11) is -2.64. The summed E-state index contributed by atoms with van der Waals surface area (Å²) in [6.45, 7) is 7.42. The number of nitrogens with zero attached hydrogens (tertiary/aromatic N) is 4. The SMILES string of the molecule is C=C=CCOc1nc(N2CCOCC2)nc(NS(=O)(=O)c2ccc(C)cn2)c1Oc1ccccc1OC. The Hall–Kier alpha value is -4.12. The molecule has 0 spiro atoms. The Labute approximate surface area is 215 Å². The molecular formula is C25H27N5O6S. The molecule has 0 radical (unpaired) electrons. The Bertz CT molecular complexity index is 1390. The van der Waals surface area contributed by atoms with Crippen LogP contribution in [0.4, 0.5) is 11.8 Å². The third-order valence-electron chi connectivity index (χ3n) is 5.24. The van der Waals surface area contributed by atoms with Gasteiger partial charge in [-0.15, -0.1) is 5.73 Å². The lowest BCUT2D eigenvalue weighted by Crippen LogP contribution is -2.37. The summed E-state index contributed by atoms with van der Waals surface area (Å²) in [5.41, 5.74) is 3.45. The molecule has 12 heteroatoms. The fourth-order valence-corrected chi connectivity index (χ4v) is 4.30. The first-order chi connectivity index (χ1) is 17.9. The minimum atomic E-state index is -4.14. The first-order valence-corrected chi connectivity index (χ1v) is 12.9. The zero-order valence-electron chi connectivity index (χ0n) is 20.5. The lowest BCUT2D eigenvalue weighted by Gasteiger charge is -2.28. The molecule has 3 aromatic rings. The number of benzene rings is 1. The van der Waals surface area contributed by atoms with E-state index >= 15 is 0 Å². The maximum atomic E-state index is 13.3. The van der Waals surface area contributed by atoms with Crippen molar-refractivity contribution in [2.75, 3.05) is 49.6 Å². The molecule has 1 aromatic carbocycles. The van der Waals surface area contributed by atoms with Gasteiger partial charge in [0.1, 0.15) is 6.61 Å². The first-order valence-electron chi connectivity index (χ1n) is 11.4. The molecule has 0 bridgehead atoms. The molecule has 0 atom stereocenters. The van der Waals surface area contributed by atoms with Crippen molar-refractivity contribution in [1.29, 1.82) is 0 Å². The number of methoxy groups -OCH3 is 1. The van der Waals surface area contributed by atoms with Gasteiger partial charge in [-0.2, -0.15) is 18.4 Å². The van der Waals surface area contributed by atoms with Gasteiger partial charge in [-0.25, -0.2) is 4.98 Å². The Morgan fingerprint density at radius 2 is 1.92 bits per heavy atom. The van der Waals surface area contributed by atoms with E-state index in [1.165, 1.54) is 19.4 Å². The van der Waals surface area contributed by atoms with Crippen LogP contribution in [0.1, 0.15) is 5.56 Å². The van der Waals surface area contributed by atoms with E-state index < -0.39 is 10.0 Å². The lowest BCUT2D eigenvalue weighted by molar-refractivity contribution is 0.122. The van der Waals surface area contributed by atoms with E-state index in [2.05, 4.69) is 32.0 Å². The van der Waals surface area contributed by atoms with Crippen LogP contribution < -0.4 is 23.8 Å². The van der Waals surface area contributed by atoms with Gasteiger partial charge in [0, 0.05) is 19.3 Å². The predicted molar refractivity (Wildman–Crippen MR) is 137 cm³/mol. The minimum absolute atomic E-state index is 0.0171. The van der Waals surface area contributed by atoms with Gasteiger partial charge < -0.3 is 23.8 Å². The highest BCUT2D eigenvalue weighted by Gasteiger charge is 2.27. The van der Waals surface area contributed by atoms with E-state index in [-0.39, 0.29) is 35.0 Å². The number of pyridine rings is 1. The van der Waals surface area contributed by atoms with Gasteiger partial charge in [0.2, 0.25) is 11.7 Å². The fourth-order valence-electron chi connectivity index (χ4n) is 3.37. The lowest BCUT2D eigenvalue weighted by atomic mass is 10.3. The van der Waals surface area contributed by atoms with E-state index in [9.17, 15) is 8.42 Å². The largest absolute Gasteiger partial charge is 0.493 e. The normalized spacial score (nSPS) is 13.4. The number of para-hydroxylation sites is 2. The minimum Gasteiger partial charge on any atom is -0.493 e. The van der Waals surface area contributed by atoms with Crippen molar-refractivity contribution in [2.24, 2.45) is 0 Å². The number of hydrogen-bond donors (Lipinski definition) is 1. The number of aromatic nitrogens is 3. The van der Waals surface area contributed by atoms with Crippen LogP contribution in [0.3, 0.4) is 0 Å². The fraction of sp³-hybridized carbons (Fsp3) is 0.280. The zero-order valence-corrected chi connectivity index (χ0v) is 21.3. The molecule has 4 rings (SSSR count). The van der Waals surface area contributed by atoms with Crippen LogP contribution in [0.5, 0.6) is 23.1 Å².